The summed E-state index contributed by atoms with van der Waals surface area (Å²) in [6.07, 6.45) is 0.931. The number of amides is 1. The smallest absolute Gasteiger partial charge is 0.274 e. The van der Waals surface area contributed by atoms with Crippen molar-refractivity contribution >= 4 is 11.6 Å². The molecule has 1 heterocycles. The molecule has 5 nitrogen and oxygen atoms in total. The second-order valence-electron chi connectivity index (χ2n) is 4.56. The van der Waals surface area contributed by atoms with E-state index in [9.17, 15) is 4.79 Å². The van der Waals surface area contributed by atoms with E-state index in [1.54, 1.807) is 11.7 Å². The normalized spacial score (nSPS) is 10.9. The Balaban J connectivity index is 3.09. The number of aromatic nitrogens is 2. The Morgan fingerprint density at radius 2 is 2.12 bits per heavy atom. The van der Waals surface area contributed by atoms with Crippen LogP contribution in [-0.2, 0) is 7.05 Å². The van der Waals surface area contributed by atoms with Crippen LogP contribution >= 0.6 is 0 Å². The maximum Gasteiger partial charge on any atom is 0.274 e. The Morgan fingerprint density at radius 1 is 1.53 bits per heavy atom. The highest BCUT2D eigenvalue weighted by molar-refractivity contribution is 5.98. The lowest BCUT2D eigenvalue weighted by atomic mass is 10.2. The van der Waals surface area contributed by atoms with Crippen molar-refractivity contribution in [3.63, 3.8) is 0 Å². The third-order valence-corrected chi connectivity index (χ3v) is 2.82. The van der Waals surface area contributed by atoms with Crippen LogP contribution in [0.5, 0.6) is 0 Å². The molecule has 0 aliphatic heterocycles. The zero-order valence-corrected chi connectivity index (χ0v) is 11.3. The van der Waals surface area contributed by atoms with Crippen LogP contribution in [0.2, 0.25) is 0 Å². The van der Waals surface area contributed by atoms with Gasteiger partial charge in [0.25, 0.3) is 5.91 Å². The number of nitrogens with two attached hydrogens (primary N) is 1. The maximum absolute atomic E-state index is 12.4. The van der Waals surface area contributed by atoms with Crippen molar-refractivity contribution in [3.05, 3.63) is 11.4 Å². The molecule has 0 unspecified atom stereocenters. The van der Waals surface area contributed by atoms with E-state index in [1.807, 2.05) is 25.7 Å². The van der Waals surface area contributed by atoms with Gasteiger partial charge in [0, 0.05) is 19.6 Å². The zero-order chi connectivity index (χ0) is 13.2. The van der Waals surface area contributed by atoms with E-state index >= 15 is 0 Å². The number of aryl methyl sites for hydroxylation is 2. The summed E-state index contributed by atoms with van der Waals surface area (Å²) in [5.74, 6) is -0.0394. The van der Waals surface area contributed by atoms with Gasteiger partial charge < -0.3 is 10.6 Å². The van der Waals surface area contributed by atoms with Crippen molar-refractivity contribution in [1.29, 1.82) is 0 Å². The molecule has 0 spiro atoms. The molecule has 0 aliphatic rings. The average Bonchev–Trinajstić information content (AvgIpc) is 2.48. The fourth-order valence-electron chi connectivity index (χ4n) is 1.90. The van der Waals surface area contributed by atoms with Crippen LogP contribution in [0.1, 0.15) is 43.4 Å². The summed E-state index contributed by atoms with van der Waals surface area (Å²) in [6.45, 7) is 8.62. The number of hydrogen-bond donors (Lipinski definition) is 1. The molecular formula is C12H22N4O. The summed E-state index contributed by atoms with van der Waals surface area (Å²) >= 11 is 0. The van der Waals surface area contributed by atoms with E-state index in [2.05, 4.69) is 12.0 Å². The lowest BCUT2D eigenvalue weighted by Gasteiger charge is -2.26. The van der Waals surface area contributed by atoms with Gasteiger partial charge in [-0.15, -0.1) is 0 Å². The molecule has 1 aromatic heterocycles. The molecule has 5 heteroatoms. The Kier molecular flexibility index (Phi) is 4.15. The van der Waals surface area contributed by atoms with E-state index in [0.29, 0.717) is 17.1 Å². The summed E-state index contributed by atoms with van der Waals surface area (Å²) < 4.78 is 1.57. The van der Waals surface area contributed by atoms with Crippen molar-refractivity contribution < 1.29 is 4.79 Å². The highest BCUT2D eigenvalue weighted by Crippen LogP contribution is 2.18. The predicted molar refractivity (Wildman–Crippen MR) is 68.8 cm³/mol. The summed E-state index contributed by atoms with van der Waals surface area (Å²) in [5.41, 5.74) is 7.59. The van der Waals surface area contributed by atoms with Gasteiger partial charge >= 0.3 is 0 Å². The van der Waals surface area contributed by atoms with Crippen molar-refractivity contribution in [2.45, 2.75) is 40.2 Å². The molecule has 0 fully saturated rings. The van der Waals surface area contributed by atoms with Gasteiger partial charge in [0.15, 0.2) is 0 Å². The molecule has 1 amide bonds. The second kappa shape index (κ2) is 5.21. The van der Waals surface area contributed by atoms with Crippen molar-refractivity contribution in [2.24, 2.45) is 7.05 Å². The SMILES string of the molecule is CCCN(C(=O)c1c(N)c(C)nn1C)C(C)C. The largest absolute Gasteiger partial charge is 0.395 e. The number of nitrogens with zero attached hydrogens (tertiary/aromatic N) is 3. The number of rotatable bonds is 4. The van der Waals surface area contributed by atoms with E-state index in [0.717, 1.165) is 13.0 Å². The second-order valence-corrected chi connectivity index (χ2v) is 4.56. The van der Waals surface area contributed by atoms with E-state index < -0.39 is 0 Å². The van der Waals surface area contributed by atoms with Crippen LogP contribution in [0, 0.1) is 6.92 Å². The van der Waals surface area contributed by atoms with E-state index in [1.165, 1.54) is 0 Å². The molecule has 0 radical (unpaired) electrons. The topological polar surface area (TPSA) is 64.2 Å². The molecule has 96 valence electrons. The molecule has 17 heavy (non-hydrogen) atoms. The Morgan fingerprint density at radius 3 is 2.47 bits per heavy atom. The van der Waals surface area contributed by atoms with Gasteiger partial charge in [-0.1, -0.05) is 6.92 Å². The summed E-state index contributed by atoms with van der Waals surface area (Å²) in [7, 11) is 1.75. The van der Waals surface area contributed by atoms with Crippen LogP contribution in [0.3, 0.4) is 0 Å². The van der Waals surface area contributed by atoms with Crippen molar-refractivity contribution in [1.82, 2.24) is 14.7 Å². The van der Waals surface area contributed by atoms with E-state index in [4.69, 9.17) is 5.73 Å². The zero-order valence-electron chi connectivity index (χ0n) is 11.3. The Bertz CT molecular complexity index is 409. The van der Waals surface area contributed by atoms with Gasteiger partial charge in [-0.25, -0.2) is 0 Å². The lowest BCUT2D eigenvalue weighted by Crippen LogP contribution is -2.38. The minimum absolute atomic E-state index is 0.0394. The molecular weight excluding hydrogens is 216 g/mol. The van der Waals surface area contributed by atoms with Gasteiger partial charge in [0.2, 0.25) is 0 Å². The summed E-state index contributed by atoms with van der Waals surface area (Å²) in [5, 5.41) is 4.18. The average molecular weight is 238 g/mol. The highest BCUT2D eigenvalue weighted by Gasteiger charge is 2.24. The molecule has 0 saturated carbocycles. The van der Waals surface area contributed by atoms with Crippen LogP contribution < -0.4 is 5.73 Å². The fraction of sp³-hybridized carbons (Fsp3) is 0.667. The number of anilines is 1. The monoisotopic (exact) mass is 238 g/mol. The third kappa shape index (κ3) is 2.60. The van der Waals surface area contributed by atoms with Gasteiger partial charge in [-0.3, -0.25) is 9.48 Å². The number of carbonyl (C=O) groups is 1. The van der Waals surface area contributed by atoms with Gasteiger partial charge in [0.05, 0.1) is 11.4 Å². The Hall–Kier alpha value is -1.52. The Labute approximate surface area is 103 Å². The third-order valence-electron chi connectivity index (χ3n) is 2.82. The van der Waals surface area contributed by atoms with Gasteiger partial charge in [0.1, 0.15) is 5.69 Å². The molecule has 2 N–H and O–H groups in total. The molecule has 0 aliphatic carbocycles. The fourth-order valence-corrected chi connectivity index (χ4v) is 1.90. The van der Waals surface area contributed by atoms with Crippen molar-refractivity contribution in [2.75, 3.05) is 12.3 Å². The minimum Gasteiger partial charge on any atom is -0.395 e. The lowest BCUT2D eigenvalue weighted by molar-refractivity contribution is 0.0696. The van der Waals surface area contributed by atoms with E-state index in [-0.39, 0.29) is 11.9 Å². The number of nitrogen functional groups attached to an aromatic ring is 1. The van der Waals surface area contributed by atoms with Crippen LogP contribution in [0.25, 0.3) is 0 Å². The molecule has 0 saturated heterocycles. The molecule has 0 aromatic carbocycles. The number of hydrogen-bond acceptors (Lipinski definition) is 3. The van der Waals surface area contributed by atoms with Crippen LogP contribution in [-0.4, -0.2) is 33.2 Å². The first-order valence-electron chi connectivity index (χ1n) is 6.00. The quantitative estimate of drug-likeness (QED) is 0.866. The predicted octanol–water partition coefficient (Wildman–Crippen LogP) is 1.57. The van der Waals surface area contributed by atoms with Crippen molar-refractivity contribution in [3.8, 4) is 0 Å². The van der Waals surface area contributed by atoms with Crippen LogP contribution in [0.15, 0.2) is 0 Å². The molecule has 1 aromatic rings. The highest BCUT2D eigenvalue weighted by atomic mass is 16.2. The van der Waals surface area contributed by atoms with Gasteiger partial charge in [-0.2, -0.15) is 5.10 Å². The minimum atomic E-state index is -0.0394. The summed E-state index contributed by atoms with van der Waals surface area (Å²) in [4.78, 5) is 14.2. The molecule has 0 bridgehead atoms. The first-order valence-corrected chi connectivity index (χ1v) is 6.00. The first kappa shape index (κ1) is 13.5. The maximum atomic E-state index is 12.4. The van der Waals surface area contributed by atoms with Gasteiger partial charge in [-0.05, 0) is 27.2 Å². The summed E-state index contributed by atoms with van der Waals surface area (Å²) in [6, 6.07) is 0.164. The standard InChI is InChI=1S/C12H22N4O/c1-6-7-16(8(2)3)12(17)11-10(13)9(4)14-15(11)5/h8H,6-7,13H2,1-5H3. The number of carbonyl (C=O) groups excluding carboxylic acids is 1. The first-order chi connectivity index (χ1) is 7.90. The van der Waals surface area contributed by atoms with Crippen LogP contribution in [0.4, 0.5) is 5.69 Å². The molecule has 0 atom stereocenters. The molecule has 1 rings (SSSR count).